The van der Waals surface area contributed by atoms with Gasteiger partial charge in [-0.3, -0.25) is 19.2 Å². The van der Waals surface area contributed by atoms with E-state index in [0.29, 0.717) is 12.8 Å². The summed E-state index contributed by atoms with van der Waals surface area (Å²) in [5.74, 6) is -2.68. The van der Waals surface area contributed by atoms with Crippen LogP contribution in [0.25, 0.3) is 0 Å². The second-order valence-electron chi connectivity index (χ2n) is 7.88. The molecule has 1 aromatic carbocycles. The number of benzene rings is 1. The van der Waals surface area contributed by atoms with E-state index in [1.807, 2.05) is 37.3 Å². The van der Waals surface area contributed by atoms with Crippen molar-refractivity contribution in [2.45, 2.75) is 57.7 Å². The average molecular weight is 433 g/mol. The Hall–Kier alpha value is -2.94. The lowest BCUT2D eigenvalue weighted by atomic mass is 9.97. The highest BCUT2D eigenvalue weighted by Gasteiger charge is 2.32. The second-order valence-corrected chi connectivity index (χ2v) is 7.88. The van der Waals surface area contributed by atoms with Crippen molar-refractivity contribution in [3.05, 3.63) is 35.9 Å². The van der Waals surface area contributed by atoms with E-state index >= 15 is 0 Å². The fraction of sp³-hybridized carbons (Fsp3) is 0.545. The fourth-order valence-corrected chi connectivity index (χ4v) is 3.47. The van der Waals surface area contributed by atoms with Crippen LogP contribution in [-0.2, 0) is 25.6 Å². The van der Waals surface area contributed by atoms with Crippen molar-refractivity contribution in [3.8, 4) is 0 Å². The predicted molar refractivity (Wildman–Crippen MR) is 115 cm³/mol. The molecule has 5 N–H and O–H groups in total. The first-order valence-electron chi connectivity index (χ1n) is 10.7. The second kappa shape index (κ2) is 12.0. The first kappa shape index (κ1) is 24.3. The number of carbonyl (C=O) groups excluding carboxylic acids is 3. The van der Waals surface area contributed by atoms with Gasteiger partial charge in [0.1, 0.15) is 18.6 Å². The van der Waals surface area contributed by atoms with Crippen molar-refractivity contribution in [2.24, 2.45) is 5.92 Å². The zero-order valence-electron chi connectivity index (χ0n) is 18.0. The lowest BCUT2D eigenvalue weighted by Crippen LogP contribution is -2.58. The molecule has 9 nitrogen and oxygen atoms in total. The summed E-state index contributed by atoms with van der Waals surface area (Å²) in [6, 6.07) is 7.20. The Bertz CT molecular complexity index is 764. The van der Waals surface area contributed by atoms with Gasteiger partial charge in [-0.2, -0.15) is 0 Å². The molecule has 2 rings (SSSR count). The van der Waals surface area contributed by atoms with Gasteiger partial charge in [-0.25, -0.2) is 0 Å². The van der Waals surface area contributed by atoms with Crippen molar-refractivity contribution in [2.75, 3.05) is 13.1 Å². The van der Waals surface area contributed by atoms with Crippen LogP contribution >= 0.6 is 0 Å². The van der Waals surface area contributed by atoms with Gasteiger partial charge >= 0.3 is 5.97 Å². The molecule has 0 radical (unpaired) electrons. The quantitative estimate of drug-likeness (QED) is 0.339. The largest absolute Gasteiger partial charge is 0.480 e. The predicted octanol–water partition coefficient (Wildman–Crippen LogP) is 0.198. The summed E-state index contributed by atoms with van der Waals surface area (Å²) in [4.78, 5) is 49.1. The van der Waals surface area contributed by atoms with Gasteiger partial charge in [-0.15, -0.1) is 0 Å². The number of carboxylic acid groups (broad SMARTS) is 1. The molecular weight excluding hydrogens is 400 g/mol. The molecular formula is C22H32N4O5. The van der Waals surface area contributed by atoms with E-state index in [-0.39, 0.29) is 24.3 Å². The maximum atomic E-state index is 13.1. The molecule has 0 bridgehead atoms. The SMILES string of the molecule is CCC(C)C(NC(=O)C(Cc1ccccc1)NC(=O)C1CCCN1)C(=O)NCC(=O)O. The molecule has 1 aliphatic heterocycles. The van der Waals surface area contributed by atoms with Crippen LogP contribution in [0.3, 0.4) is 0 Å². The summed E-state index contributed by atoms with van der Waals surface area (Å²) in [6.45, 7) is 3.91. The molecule has 0 saturated carbocycles. The standard InChI is InChI=1S/C22H32N4O5/c1-3-14(2)19(22(31)24-13-18(27)28)26-21(30)17(12-15-8-5-4-6-9-15)25-20(29)16-10-7-11-23-16/h4-6,8-9,14,16-17,19,23H,3,7,10-13H2,1-2H3,(H,24,31)(H,25,29)(H,26,30)(H,27,28). The molecule has 4 atom stereocenters. The minimum Gasteiger partial charge on any atom is -0.480 e. The number of carbonyl (C=O) groups is 4. The fourth-order valence-electron chi connectivity index (χ4n) is 3.47. The van der Waals surface area contributed by atoms with Crippen LogP contribution in [0.5, 0.6) is 0 Å². The number of nitrogens with one attached hydrogen (secondary N) is 4. The molecule has 0 spiro atoms. The molecule has 1 fully saturated rings. The van der Waals surface area contributed by atoms with Crippen LogP contribution in [0.1, 0.15) is 38.7 Å². The van der Waals surface area contributed by atoms with Crippen molar-refractivity contribution in [3.63, 3.8) is 0 Å². The number of hydrogen-bond donors (Lipinski definition) is 5. The van der Waals surface area contributed by atoms with E-state index < -0.39 is 36.4 Å². The van der Waals surface area contributed by atoms with Crippen LogP contribution in [0, 0.1) is 5.92 Å². The van der Waals surface area contributed by atoms with E-state index in [4.69, 9.17) is 5.11 Å². The van der Waals surface area contributed by atoms with Crippen molar-refractivity contribution < 1.29 is 24.3 Å². The minimum absolute atomic E-state index is 0.220. The molecule has 0 aliphatic carbocycles. The molecule has 9 heteroatoms. The minimum atomic E-state index is -1.17. The Morgan fingerprint density at radius 1 is 1.13 bits per heavy atom. The summed E-state index contributed by atoms with van der Waals surface area (Å²) in [5.41, 5.74) is 0.873. The normalized spacial score (nSPS) is 18.5. The average Bonchev–Trinajstić information content (AvgIpc) is 3.30. The topological polar surface area (TPSA) is 137 Å². The molecule has 1 heterocycles. The van der Waals surface area contributed by atoms with Gasteiger partial charge in [0.15, 0.2) is 0 Å². The first-order chi connectivity index (χ1) is 14.8. The summed E-state index contributed by atoms with van der Waals surface area (Å²) in [7, 11) is 0. The summed E-state index contributed by atoms with van der Waals surface area (Å²) in [6.07, 6.45) is 2.48. The Morgan fingerprint density at radius 3 is 2.42 bits per heavy atom. The molecule has 1 saturated heterocycles. The lowest BCUT2D eigenvalue weighted by molar-refractivity contribution is -0.139. The summed E-state index contributed by atoms with van der Waals surface area (Å²) < 4.78 is 0. The molecule has 0 aromatic heterocycles. The van der Waals surface area contributed by atoms with E-state index in [0.717, 1.165) is 18.5 Å². The molecule has 1 aliphatic rings. The number of amides is 3. The molecule has 170 valence electrons. The molecule has 4 unspecified atom stereocenters. The van der Waals surface area contributed by atoms with Crippen molar-refractivity contribution in [1.29, 1.82) is 0 Å². The van der Waals surface area contributed by atoms with Crippen molar-refractivity contribution >= 4 is 23.7 Å². The van der Waals surface area contributed by atoms with Gasteiger partial charge in [-0.05, 0) is 30.9 Å². The Kier molecular flexibility index (Phi) is 9.45. The third kappa shape index (κ3) is 7.67. The Labute approximate surface area is 182 Å². The third-order valence-corrected chi connectivity index (χ3v) is 5.50. The van der Waals surface area contributed by atoms with Crippen LogP contribution in [0.2, 0.25) is 0 Å². The van der Waals surface area contributed by atoms with Gasteiger partial charge < -0.3 is 26.4 Å². The van der Waals surface area contributed by atoms with Crippen molar-refractivity contribution in [1.82, 2.24) is 21.3 Å². The van der Waals surface area contributed by atoms with Crippen LogP contribution in [0.15, 0.2) is 30.3 Å². The highest BCUT2D eigenvalue weighted by atomic mass is 16.4. The number of aliphatic carboxylic acids is 1. The Balaban J connectivity index is 2.14. The van der Waals surface area contributed by atoms with E-state index in [1.165, 1.54) is 0 Å². The maximum absolute atomic E-state index is 13.1. The number of hydrogen-bond acceptors (Lipinski definition) is 5. The van der Waals surface area contributed by atoms with Crippen LogP contribution in [0.4, 0.5) is 0 Å². The molecule has 3 amide bonds. The van der Waals surface area contributed by atoms with Gasteiger partial charge in [0, 0.05) is 6.42 Å². The smallest absolute Gasteiger partial charge is 0.322 e. The first-order valence-corrected chi connectivity index (χ1v) is 10.7. The lowest BCUT2D eigenvalue weighted by Gasteiger charge is -2.27. The van der Waals surface area contributed by atoms with E-state index in [9.17, 15) is 19.2 Å². The van der Waals surface area contributed by atoms with E-state index in [2.05, 4.69) is 21.3 Å². The maximum Gasteiger partial charge on any atom is 0.322 e. The van der Waals surface area contributed by atoms with Gasteiger partial charge in [0.2, 0.25) is 17.7 Å². The highest BCUT2D eigenvalue weighted by molar-refractivity contribution is 5.94. The van der Waals surface area contributed by atoms with E-state index in [1.54, 1.807) is 6.92 Å². The van der Waals surface area contributed by atoms with Gasteiger partial charge in [0.25, 0.3) is 0 Å². The van der Waals surface area contributed by atoms with Gasteiger partial charge in [0.05, 0.1) is 6.04 Å². The number of carboxylic acids is 1. The van der Waals surface area contributed by atoms with Gasteiger partial charge in [-0.1, -0.05) is 50.6 Å². The highest BCUT2D eigenvalue weighted by Crippen LogP contribution is 2.11. The summed E-state index contributed by atoms with van der Waals surface area (Å²) in [5, 5.41) is 19.8. The molecule has 1 aromatic rings. The zero-order chi connectivity index (χ0) is 22.8. The van der Waals surface area contributed by atoms with Crippen LogP contribution in [-0.4, -0.2) is 60.0 Å². The third-order valence-electron chi connectivity index (χ3n) is 5.50. The summed E-state index contributed by atoms with van der Waals surface area (Å²) >= 11 is 0. The number of rotatable bonds is 11. The Morgan fingerprint density at radius 2 is 1.84 bits per heavy atom. The monoisotopic (exact) mass is 432 g/mol. The molecule has 31 heavy (non-hydrogen) atoms. The van der Waals surface area contributed by atoms with Crippen LogP contribution < -0.4 is 21.3 Å². The zero-order valence-corrected chi connectivity index (χ0v) is 18.0.